The number of hydrogen-bond acceptors (Lipinski definition) is 3. The predicted molar refractivity (Wildman–Crippen MR) is 73.0 cm³/mol. The van der Waals surface area contributed by atoms with E-state index in [2.05, 4.69) is 25.4 Å². The first kappa shape index (κ1) is 14.3. The van der Waals surface area contributed by atoms with E-state index in [0.29, 0.717) is 17.2 Å². The fourth-order valence-electron chi connectivity index (χ4n) is 2.22. The highest BCUT2D eigenvalue weighted by Crippen LogP contribution is 2.39. The lowest BCUT2D eigenvalue weighted by molar-refractivity contribution is 0.0139. The maximum atomic E-state index is 10.2. The van der Waals surface area contributed by atoms with E-state index in [1.54, 1.807) is 0 Å². The van der Waals surface area contributed by atoms with E-state index in [4.69, 9.17) is 0 Å². The molecule has 1 unspecified atom stereocenters. The second kappa shape index (κ2) is 5.74. The van der Waals surface area contributed by atoms with Crippen molar-refractivity contribution in [3.63, 3.8) is 0 Å². The first-order valence-corrected chi connectivity index (χ1v) is 7.63. The summed E-state index contributed by atoms with van der Waals surface area (Å²) in [6.45, 7) is 7.80. The fraction of sp³-hybridized carbons (Fsp3) is 1.00. The molecule has 1 atom stereocenters. The quantitative estimate of drug-likeness (QED) is 0.754. The van der Waals surface area contributed by atoms with Crippen LogP contribution in [0.2, 0.25) is 0 Å². The van der Waals surface area contributed by atoms with Crippen LogP contribution in [0, 0.1) is 5.92 Å². The normalized spacial score (nSPS) is 23.6. The van der Waals surface area contributed by atoms with Gasteiger partial charge in [-0.1, -0.05) is 26.7 Å². The molecule has 0 spiro atoms. The molecule has 0 aromatic heterocycles. The summed E-state index contributed by atoms with van der Waals surface area (Å²) in [7, 11) is 0. The molecule has 0 amide bonds. The van der Waals surface area contributed by atoms with Crippen LogP contribution in [-0.4, -0.2) is 34.8 Å². The molecular formula is C13H27NOS. The molecule has 0 aliphatic heterocycles. The van der Waals surface area contributed by atoms with Gasteiger partial charge in [0.05, 0.1) is 5.60 Å². The van der Waals surface area contributed by atoms with Gasteiger partial charge in [-0.05, 0) is 31.9 Å². The van der Waals surface area contributed by atoms with Gasteiger partial charge < -0.3 is 10.4 Å². The topological polar surface area (TPSA) is 32.3 Å². The molecule has 0 radical (unpaired) electrons. The third-order valence-electron chi connectivity index (χ3n) is 4.12. The summed E-state index contributed by atoms with van der Waals surface area (Å²) in [6.07, 6.45) is 7.59. The molecule has 1 aliphatic rings. The van der Waals surface area contributed by atoms with Crippen molar-refractivity contribution < 1.29 is 5.11 Å². The highest BCUT2D eigenvalue weighted by atomic mass is 32.2. The van der Waals surface area contributed by atoms with Crippen molar-refractivity contribution in [2.75, 3.05) is 19.3 Å². The van der Waals surface area contributed by atoms with Crippen LogP contribution in [0.5, 0.6) is 0 Å². The second-order valence-corrected chi connectivity index (χ2v) is 6.98. The summed E-state index contributed by atoms with van der Waals surface area (Å²) in [5, 5.41) is 13.6. The minimum Gasteiger partial charge on any atom is -0.389 e. The molecule has 0 bridgehead atoms. The first-order chi connectivity index (χ1) is 7.42. The Morgan fingerprint density at radius 1 is 1.38 bits per heavy atom. The zero-order valence-electron chi connectivity index (χ0n) is 11.2. The van der Waals surface area contributed by atoms with Crippen molar-refractivity contribution in [2.45, 2.75) is 56.8 Å². The molecule has 1 saturated carbocycles. The van der Waals surface area contributed by atoms with Gasteiger partial charge in [0, 0.05) is 17.8 Å². The number of nitrogens with one attached hydrogen (secondary N) is 1. The van der Waals surface area contributed by atoms with Crippen LogP contribution in [0.25, 0.3) is 0 Å². The van der Waals surface area contributed by atoms with Gasteiger partial charge in [0.25, 0.3) is 0 Å². The van der Waals surface area contributed by atoms with Crippen LogP contribution in [0.15, 0.2) is 0 Å². The van der Waals surface area contributed by atoms with E-state index in [-0.39, 0.29) is 0 Å². The van der Waals surface area contributed by atoms with Crippen LogP contribution in [0.3, 0.4) is 0 Å². The fourth-order valence-corrected chi connectivity index (χ4v) is 3.16. The van der Waals surface area contributed by atoms with Gasteiger partial charge >= 0.3 is 0 Å². The van der Waals surface area contributed by atoms with Gasteiger partial charge in [0.1, 0.15) is 0 Å². The zero-order chi connectivity index (χ0) is 12.2. The Hall–Kier alpha value is 0.270. The lowest BCUT2D eigenvalue weighted by Gasteiger charge is -2.32. The zero-order valence-corrected chi connectivity index (χ0v) is 12.0. The summed E-state index contributed by atoms with van der Waals surface area (Å²) in [5.74, 6) is 0.300. The lowest BCUT2D eigenvalue weighted by atomic mass is 9.92. The van der Waals surface area contributed by atoms with Gasteiger partial charge in [-0.25, -0.2) is 0 Å². The highest BCUT2D eigenvalue weighted by Gasteiger charge is 2.33. The summed E-state index contributed by atoms with van der Waals surface area (Å²) >= 11 is 1.99. The van der Waals surface area contributed by atoms with Crippen LogP contribution in [-0.2, 0) is 0 Å². The van der Waals surface area contributed by atoms with Crippen molar-refractivity contribution >= 4 is 11.8 Å². The van der Waals surface area contributed by atoms with Crippen LogP contribution in [0.1, 0.15) is 46.5 Å². The smallest absolute Gasteiger partial charge is 0.0766 e. The molecule has 2 nitrogen and oxygen atoms in total. The second-order valence-electron chi connectivity index (χ2n) is 5.71. The third-order valence-corrected chi connectivity index (χ3v) is 5.54. The van der Waals surface area contributed by atoms with Crippen molar-refractivity contribution in [3.05, 3.63) is 0 Å². The Morgan fingerprint density at radius 2 is 1.94 bits per heavy atom. The van der Waals surface area contributed by atoms with Crippen LogP contribution >= 0.6 is 11.8 Å². The Balaban J connectivity index is 2.34. The van der Waals surface area contributed by atoms with Crippen LogP contribution < -0.4 is 5.32 Å². The largest absolute Gasteiger partial charge is 0.389 e. The average Bonchev–Trinajstić information content (AvgIpc) is 2.67. The molecule has 0 heterocycles. The van der Waals surface area contributed by atoms with E-state index in [1.165, 1.54) is 25.7 Å². The highest BCUT2D eigenvalue weighted by molar-refractivity contribution is 8.00. The molecule has 1 aliphatic carbocycles. The average molecular weight is 245 g/mol. The number of hydrogen-bond donors (Lipinski definition) is 2. The molecule has 0 saturated heterocycles. The Bertz CT molecular complexity index is 210. The Labute approximate surface area is 105 Å². The van der Waals surface area contributed by atoms with Crippen molar-refractivity contribution in [3.8, 4) is 0 Å². The van der Waals surface area contributed by atoms with E-state index >= 15 is 0 Å². The van der Waals surface area contributed by atoms with Gasteiger partial charge in [0.15, 0.2) is 0 Å². The number of aliphatic hydroxyl groups is 1. The maximum absolute atomic E-state index is 10.2. The number of thioether (sulfide) groups is 1. The molecular weight excluding hydrogens is 218 g/mol. The predicted octanol–water partition coefficient (Wildman–Crippen LogP) is 2.66. The van der Waals surface area contributed by atoms with Crippen molar-refractivity contribution in [1.82, 2.24) is 5.32 Å². The van der Waals surface area contributed by atoms with Gasteiger partial charge in [0.2, 0.25) is 0 Å². The van der Waals surface area contributed by atoms with E-state index in [0.717, 1.165) is 6.54 Å². The Morgan fingerprint density at radius 3 is 2.38 bits per heavy atom. The lowest BCUT2D eigenvalue weighted by Crippen LogP contribution is -2.46. The Kier molecular flexibility index (Phi) is 5.14. The molecule has 1 fully saturated rings. The molecule has 3 heteroatoms. The molecule has 96 valence electrons. The summed E-state index contributed by atoms with van der Waals surface area (Å²) in [6, 6.07) is 0. The summed E-state index contributed by atoms with van der Waals surface area (Å²) in [5.41, 5.74) is -0.585. The van der Waals surface area contributed by atoms with E-state index in [1.807, 2.05) is 18.7 Å². The molecule has 1 rings (SSSR count). The summed E-state index contributed by atoms with van der Waals surface area (Å²) in [4.78, 5) is 0. The van der Waals surface area contributed by atoms with E-state index < -0.39 is 5.60 Å². The van der Waals surface area contributed by atoms with Gasteiger partial charge in [-0.2, -0.15) is 11.8 Å². The summed E-state index contributed by atoms with van der Waals surface area (Å²) < 4.78 is 0.438. The third kappa shape index (κ3) is 3.64. The van der Waals surface area contributed by atoms with Gasteiger partial charge in [-0.15, -0.1) is 0 Å². The molecule has 2 N–H and O–H groups in total. The van der Waals surface area contributed by atoms with E-state index in [9.17, 15) is 5.11 Å². The van der Waals surface area contributed by atoms with Crippen molar-refractivity contribution in [2.24, 2.45) is 5.92 Å². The SMILES string of the molecule is CSC1(CNCC(C)(O)C(C)C)CCCC1. The number of rotatable bonds is 6. The first-order valence-electron chi connectivity index (χ1n) is 6.40. The monoisotopic (exact) mass is 245 g/mol. The minimum absolute atomic E-state index is 0.300. The van der Waals surface area contributed by atoms with Crippen LogP contribution in [0.4, 0.5) is 0 Å². The maximum Gasteiger partial charge on any atom is 0.0766 e. The standard InChI is InChI=1S/C13H27NOS/c1-11(2)12(3,15)9-14-10-13(16-4)7-5-6-8-13/h11,14-15H,5-10H2,1-4H3. The van der Waals surface area contributed by atoms with Crippen molar-refractivity contribution in [1.29, 1.82) is 0 Å². The molecule has 0 aromatic rings. The molecule has 0 aromatic carbocycles. The van der Waals surface area contributed by atoms with Gasteiger partial charge in [-0.3, -0.25) is 0 Å². The molecule has 16 heavy (non-hydrogen) atoms. The minimum atomic E-state index is -0.585.